The summed E-state index contributed by atoms with van der Waals surface area (Å²) in [4.78, 5) is 22.4. The van der Waals surface area contributed by atoms with Gasteiger partial charge in [-0.15, -0.1) is 0 Å². The number of hydrogen-bond donors (Lipinski definition) is 1. The molecule has 31 heavy (non-hydrogen) atoms. The van der Waals surface area contributed by atoms with Crippen LogP contribution in [-0.2, 0) is 17.6 Å². The average Bonchev–Trinajstić information content (AvgIpc) is 2.74. The summed E-state index contributed by atoms with van der Waals surface area (Å²) in [5.41, 5.74) is 5.31. The topological polar surface area (TPSA) is 78.7 Å². The van der Waals surface area contributed by atoms with Crippen molar-refractivity contribution >= 4 is 34.3 Å². The summed E-state index contributed by atoms with van der Waals surface area (Å²) in [5, 5.41) is 13.9. The molecule has 1 amide bonds. The fraction of sp³-hybridized carbons (Fsp3) is 0.360. The van der Waals surface area contributed by atoms with E-state index in [0.717, 1.165) is 53.7 Å². The summed E-state index contributed by atoms with van der Waals surface area (Å²) < 4.78 is 0. The molecule has 2 aromatic heterocycles. The molecule has 1 aliphatic carbocycles. The van der Waals surface area contributed by atoms with E-state index in [1.165, 1.54) is 30.2 Å². The highest BCUT2D eigenvalue weighted by Gasteiger charge is 2.21. The van der Waals surface area contributed by atoms with Gasteiger partial charge >= 0.3 is 0 Å². The molecule has 0 fully saturated rings. The van der Waals surface area contributed by atoms with Gasteiger partial charge in [0, 0.05) is 16.8 Å². The molecule has 0 bridgehead atoms. The van der Waals surface area contributed by atoms with Crippen LogP contribution in [0, 0.1) is 18.3 Å². The molecule has 6 heteroatoms. The molecular weight excluding hydrogens is 404 g/mol. The zero-order valence-corrected chi connectivity index (χ0v) is 18.8. The zero-order valence-electron chi connectivity index (χ0n) is 17.9. The Morgan fingerprint density at radius 1 is 1.13 bits per heavy atom. The van der Waals surface area contributed by atoms with E-state index in [1.807, 2.05) is 50.2 Å². The number of pyridine rings is 2. The Labute approximate surface area is 187 Å². The van der Waals surface area contributed by atoms with E-state index in [0.29, 0.717) is 10.6 Å². The molecule has 0 radical (unpaired) electrons. The number of nitrogens with zero attached hydrogens (tertiary/aromatic N) is 3. The molecule has 0 aliphatic heterocycles. The molecule has 1 N–H and O–H groups in total. The van der Waals surface area contributed by atoms with Gasteiger partial charge in [0.05, 0.1) is 22.0 Å². The smallest absolute Gasteiger partial charge is 0.237 e. The van der Waals surface area contributed by atoms with Gasteiger partial charge in [-0.05, 0) is 63.3 Å². The van der Waals surface area contributed by atoms with Crippen LogP contribution >= 0.6 is 11.8 Å². The maximum Gasteiger partial charge on any atom is 0.237 e. The van der Waals surface area contributed by atoms with Crippen molar-refractivity contribution in [3.05, 3.63) is 58.9 Å². The van der Waals surface area contributed by atoms with Gasteiger partial charge in [-0.25, -0.2) is 4.98 Å². The van der Waals surface area contributed by atoms with Gasteiger partial charge in [0.1, 0.15) is 11.1 Å². The average molecular weight is 431 g/mol. The van der Waals surface area contributed by atoms with E-state index < -0.39 is 5.25 Å². The lowest BCUT2D eigenvalue weighted by molar-refractivity contribution is -0.115. The Morgan fingerprint density at radius 2 is 1.90 bits per heavy atom. The van der Waals surface area contributed by atoms with Crippen molar-refractivity contribution in [2.75, 3.05) is 5.32 Å². The minimum atomic E-state index is -0.390. The van der Waals surface area contributed by atoms with Crippen molar-refractivity contribution in [2.24, 2.45) is 0 Å². The number of rotatable bonds is 4. The predicted molar refractivity (Wildman–Crippen MR) is 125 cm³/mol. The Hall–Kier alpha value is -2.91. The van der Waals surface area contributed by atoms with Crippen LogP contribution in [-0.4, -0.2) is 21.1 Å². The Morgan fingerprint density at radius 3 is 2.71 bits per heavy atom. The van der Waals surface area contributed by atoms with E-state index in [-0.39, 0.29) is 5.91 Å². The first-order valence-corrected chi connectivity index (χ1v) is 11.7. The van der Waals surface area contributed by atoms with E-state index in [9.17, 15) is 10.1 Å². The summed E-state index contributed by atoms with van der Waals surface area (Å²) in [5.74, 6) is -0.113. The second kappa shape index (κ2) is 9.49. The third kappa shape index (κ3) is 4.88. The third-order valence-corrected chi connectivity index (χ3v) is 6.75. The largest absolute Gasteiger partial charge is 0.324 e. The number of carbonyl (C=O) groups is 1. The molecule has 5 nitrogen and oxygen atoms in total. The van der Waals surface area contributed by atoms with Crippen LogP contribution in [0.1, 0.15) is 55.1 Å². The highest BCUT2D eigenvalue weighted by atomic mass is 32.2. The summed E-state index contributed by atoms with van der Waals surface area (Å²) in [7, 11) is 0. The number of benzene rings is 1. The lowest BCUT2D eigenvalue weighted by atomic mass is 9.96. The molecule has 4 rings (SSSR count). The van der Waals surface area contributed by atoms with Crippen molar-refractivity contribution in [2.45, 2.75) is 62.6 Å². The first kappa shape index (κ1) is 21.3. The maximum atomic E-state index is 13.0. The lowest BCUT2D eigenvalue weighted by Gasteiger charge is -2.17. The van der Waals surface area contributed by atoms with Crippen molar-refractivity contribution < 1.29 is 4.79 Å². The minimum absolute atomic E-state index is 0.113. The molecule has 1 aromatic carbocycles. The molecule has 0 saturated carbocycles. The van der Waals surface area contributed by atoms with Crippen LogP contribution in [0.5, 0.6) is 0 Å². The summed E-state index contributed by atoms with van der Waals surface area (Å²) >= 11 is 1.36. The molecule has 2 heterocycles. The van der Waals surface area contributed by atoms with Crippen LogP contribution in [0.15, 0.2) is 41.4 Å². The van der Waals surface area contributed by atoms with E-state index in [1.54, 1.807) is 0 Å². The van der Waals surface area contributed by atoms with Crippen LogP contribution in [0.3, 0.4) is 0 Å². The highest BCUT2D eigenvalue weighted by Crippen LogP contribution is 2.30. The number of fused-ring (bicyclic) bond motifs is 2. The van der Waals surface area contributed by atoms with Gasteiger partial charge in [-0.2, -0.15) is 5.26 Å². The molecule has 158 valence electrons. The van der Waals surface area contributed by atoms with E-state index >= 15 is 0 Å². The van der Waals surface area contributed by atoms with Gasteiger partial charge in [0.15, 0.2) is 0 Å². The van der Waals surface area contributed by atoms with Crippen LogP contribution in [0.25, 0.3) is 10.9 Å². The Bertz CT molecular complexity index is 1170. The fourth-order valence-corrected chi connectivity index (χ4v) is 4.90. The van der Waals surface area contributed by atoms with Crippen LogP contribution < -0.4 is 5.32 Å². The number of nitrogens with one attached hydrogen (secondary N) is 1. The molecule has 0 saturated heterocycles. The number of carbonyl (C=O) groups excluding carboxylic acids is 1. The molecule has 0 spiro atoms. The first-order valence-electron chi connectivity index (χ1n) is 10.8. The molecule has 1 unspecified atom stereocenters. The normalized spacial score (nSPS) is 14.7. The Kier molecular flexibility index (Phi) is 6.53. The molecule has 1 aliphatic rings. The third-order valence-electron chi connectivity index (χ3n) is 5.65. The van der Waals surface area contributed by atoms with Gasteiger partial charge < -0.3 is 5.32 Å². The monoisotopic (exact) mass is 430 g/mol. The van der Waals surface area contributed by atoms with Gasteiger partial charge in [0.25, 0.3) is 0 Å². The number of amides is 1. The highest BCUT2D eigenvalue weighted by molar-refractivity contribution is 8.00. The van der Waals surface area contributed by atoms with Crippen LogP contribution in [0.4, 0.5) is 5.69 Å². The van der Waals surface area contributed by atoms with E-state index in [4.69, 9.17) is 4.98 Å². The van der Waals surface area contributed by atoms with Crippen molar-refractivity contribution in [1.82, 2.24) is 9.97 Å². The number of thioether (sulfide) groups is 1. The number of nitriles is 1. The van der Waals surface area contributed by atoms with Crippen molar-refractivity contribution in [3.8, 4) is 6.07 Å². The second-order valence-electron chi connectivity index (χ2n) is 8.05. The number of hydrogen-bond acceptors (Lipinski definition) is 5. The molecule has 3 aromatic rings. The molecule has 1 atom stereocenters. The maximum absolute atomic E-state index is 13.0. The van der Waals surface area contributed by atoms with Gasteiger partial charge in [-0.3, -0.25) is 9.78 Å². The number of anilines is 1. The van der Waals surface area contributed by atoms with Gasteiger partial charge in [0.2, 0.25) is 5.91 Å². The van der Waals surface area contributed by atoms with E-state index in [2.05, 4.69) is 16.4 Å². The molecular formula is C25H26N4OS. The first-order chi connectivity index (χ1) is 15.0. The van der Waals surface area contributed by atoms with Crippen molar-refractivity contribution in [1.29, 1.82) is 5.26 Å². The van der Waals surface area contributed by atoms with Gasteiger partial charge in [-0.1, -0.05) is 42.8 Å². The standard InChI is InChI=1S/C25H26N4OS/c1-16-13-23(20-10-7-8-12-22(20)27-16)28-24(30)17(2)31-25-19(15-26)14-18-9-5-3-4-6-11-21(18)29-25/h7-8,10,12-14,17H,3-6,9,11H2,1-2H3,(H,27,28,30). The second-order valence-corrected chi connectivity index (χ2v) is 9.38. The summed E-state index contributed by atoms with van der Waals surface area (Å²) in [6, 6.07) is 13.9. The fourth-order valence-electron chi connectivity index (χ4n) is 4.00. The summed E-state index contributed by atoms with van der Waals surface area (Å²) in [6.07, 6.45) is 6.65. The lowest BCUT2D eigenvalue weighted by Crippen LogP contribution is -2.23. The number of para-hydroxylation sites is 1. The SMILES string of the molecule is Cc1cc(NC(=O)C(C)Sc2nc3c(cc2C#N)CCCCCC3)c2ccccc2n1. The predicted octanol–water partition coefficient (Wildman–Crippen LogP) is 5.59. The summed E-state index contributed by atoms with van der Waals surface area (Å²) in [6.45, 7) is 3.77. The van der Waals surface area contributed by atoms with Crippen molar-refractivity contribution in [3.63, 3.8) is 0 Å². The quantitative estimate of drug-likeness (QED) is 0.546. The van der Waals surface area contributed by atoms with Crippen LogP contribution in [0.2, 0.25) is 0 Å². The number of aryl methyl sites for hydroxylation is 3. The minimum Gasteiger partial charge on any atom is -0.324 e. The number of aromatic nitrogens is 2. The zero-order chi connectivity index (χ0) is 21.8. The Balaban J connectivity index is 1.56.